The lowest BCUT2D eigenvalue weighted by Gasteiger charge is -2.10. The monoisotopic (exact) mass is 317 g/mol. The molecule has 0 aliphatic carbocycles. The van der Waals surface area contributed by atoms with Crippen LogP contribution in [-0.2, 0) is 0 Å². The summed E-state index contributed by atoms with van der Waals surface area (Å²) in [5, 5.41) is 3.54. The Kier molecular flexibility index (Phi) is 5.45. The van der Waals surface area contributed by atoms with Gasteiger partial charge in [0.1, 0.15) is 12.4 Å². The maximum absolute atomic E-state index is 12.1. The van der Waals surface area contributed by atoms with Crippen molar-refractivity contribution in [1.82, 2.24) is 5.32 Å². The summed E-state index contributed by atoms with van der Waals surface area (Å²) < 4.78 is 5.58. The molecule has 0 aromatic heterocycles. The van der Waals surface area contributed by atoms with Gasteiger partial charge in [0.05, 0.1) is 6.54 Å². The number of ether oxygens (including phenoxy) is 1. The van der Waals surface area contributed by atoms with E-state index in [1.54, 1.807) is 6.07 Å². The second-order valence-electron chi connectivity index (χ2n) is 5.33. The van der Waals surface area contributed by atoms with Gasteiger partial charge in [-0.1, -0.05) is 35.4 Å². The predicted molar refractivity (Wildman–Crippen MR) is 89.9 cm³/mol. The van der Waals surface area contributed by atoms with Gasteiger partial charge in [-0.25, -0.2) is 0 Å². The van der Waals surface area contributed by atoms with Crippen LogP contribution < -0.4 is 10.1 Å². The fourth-order valence-electron chi connectivity index (χ4n) is 2.07. The molecule has 2 aromatic rings. The molecular formula is C18H20ClNO2. The first kappa shape index (κ1) is 16.4. The van der Waals surface area contributed by atoms with Gasteiger partial charge in [0, 0.05) is 10.6 Å². The Labute approximate surface area is 136 Å². The lowest BCUT2D eigenvalue weighted by Crippen LogP contribution is -2.28. The molecule has 0 radical (unpaired) electrons. The first-order valence-corrected chi connectivity index (χ1v) is 7.59. The van der Waals surface area contributed by atoms with Crippen LogP contribution in [0.2, 0.25) is 5.02 Å². The van der Waals surface area contributed by atoms with Gasteiger partial charge in [-0.3, -0.25) is 4.79 Å². The highest BCUT2D eigenvalue weighted by atomic mass is 35.5. The number of benzene rings is 2. The summed E-state index contributed by atoms with van der Waals surface area (Å²) in [5.74, 6) is 0.628. The second kappa shape index (κ2) is 7.32. The number of carbonyl (C=O) groups excluding carboxylic acids is 1. The first-order chi connectivity index (χ1) is 10.5. The highest BCUT2D eigenvalue weighted by Crippen LogP contribution is 2.21. The predicted octanol–water partition coefficient (Wildman–Crippen LogP) is 4.07. The molecule has 0 fully saturated rings. The van der Waals surface area contributed by atoms with Crippen LogP contribution in [0.4, 0.5) is 0 Å². The van der Waals surface area contributed by atoms with Gasteiger partial charge in [-0.15, -0.1) is 0 Å². The van der Waals surface area contributed by atoms with Crippen LogP contribution in [0, 0.1) is 20.8 Å². The molecule has 2 aromatic carbocycles. The fraction of sp³-hybridized carbons (Fsp3) is 0.278. The van der Waals surface area contributed by atoms with Crippen LogP contribution in [0.25, 0.3) is 0 Å². The second-order valence-corrected chi connectivity index (χ2v) is 5.74. The molecule has 4 heteroatoms. The summed E-state index contributed by atoms with van der Waals surface area (Å²) in [6.07, 6.45) is 0. The van der Waals surface area contributed by atoms with Crippen LogP contribution in [-0.4, -0.2) is 19.1 Å². The van der Waals surface area contributed by atoms with E-state index in [9.17, 15) is 4.79 Å². The Morgan fingerprint density at radius 3 is 2.55 bits per heavy atom. The highest BCUT2D eigenvalue weighted by molar-refractivity contribution is 6.31. The maximum Gasteiger partial charge on any atom is 0.251 e. The van der Waals surface area contributed by atoms with Crippen molar-refractivity contribution in [3.8, 4) is 5.75 Å². The maximum atomic E-state index is 12.1. The van der Waals surface area contributed by atoms with E-state index in [-0.39, 0.29) is 5.91 Å². The van der Waals surface area contributed by atoms with E-state index < -0.39 is 0 Å². The molecule has 2 rings (SSSR count). The molecule has 3 nitrogen and oxygen atoms in total. The normalized spacial score (nSPS) is 10.4. The molecule has 0 spiro atoms. The number of halogens is 1. The van der Waals surface area contributed by atoms with Crippen molar-refractivity contribution in [3.05, 3.63) is 63.7 Å². The van der Waals surface area contributed by atoms with E-state index in [2.05, 4.69) is 5.32 Å². The number of amides is 1. The van der Waals surface area contributed by atoms with Gasteiger partial charge >= 0.3 is 0 Å². The molecule has 0 bridgehead atoms. The molecule has 1 N–H and O–H groups in total. The molecule has 0 saturated heterocycles. The topological polar surface area (TPSA) is 38.3 Å². The first-order valence-electron chi connectivity index (χ1n) is 7.22. The summed E-state index contributed by atoms with van der Waals surface area (Å²) >= 11 is 6.04. The average molecular weight is 318 g/mol. The van der Waals surface area contributed by atoms with Gasteiger partial charge in [0.15, 0.2) is 0 Å². The third-order valence-electron chi connectivity index (χ3n) is 3.44. The Morgan fingerprint density at radius 1 is 1.09 bits per heavy atom. The van der Waals surface area contributed by atoms with Gasteiger partial charge < -0.3 is 10.1 Å². The van der Waals surface area contributed by atoms with Gasteiger partial charge in [-0.2, -0.15) is 0 Å². The standard InChI is InChI=1S/C18H20ClNO2/c1-12-4-5-13(2)16(10-12)18(21)20-8-9-22-15-7-6-14(3)17(19)11-15/h4-7,10-11H,8-9H2,1-3H3,(H,20,21). The molecule has 0 aliphatic heterocycles. The minimum atomic E-state index is -0.0771. The lowest BCUT2D eigenvalue weighted by atomic mass is 10.1. The molecule has 0 atom stereocenters. The largest absolute Gasteiger partial charge is 0.492 e. The van der Waals surface area contributed by atoms with E-state index in [1.165, 1.54) is 0 Å². The molecule has 1 amide bonds. The quantitative estimate of drug-likeness (QED) is 0.844. The molecule has 22 heavy (non-hydrogen) atoms. The van der Waals surface area contributed by atoms with Crippen molar-refractivity contribution >= 4 is 17.5 Å². The average Bonchev–Trinajstić information content (AvgIpc) is 2.49. The molecule has 0 heterocycles. The van der Waals surface area contributed by atoms with Crippen molar-refractivity contribution < 1.29 is 9.53 Å². The fourth-order valence-corrected chi connectivity index (χ4v) is 2.24. The highest BCUT2D eigenvalue weighted by Gasteiger charge is 2.08. The summed E-state index contributed by atoms with van der Waals surface area (Å²) in [7, 11) is 0. The van der Waals surface area contributed by atoms with Crippen molar-refractivity contribution in [2.24, 2.45) is 0 Å². The Morgan fingerprint density at radius 2 is 1.82 bits per heavy atom. The summed E-state index contributed by atoms with van der Waals surface area (Å²) in [4.78, 5) is 12.1. The van der Waals surface area contributed by atoms with Crippen LogP contribution in [0.1, 0.15) is 27.0 Å². The van der Waals surface area contributed by atoms with Crippen LogP contribution in [0.3, 0.4) is 0 Å². The molecule has 0 aliphatic rings. The summed E-state index contributed by atoms with van der Waals surface area (Å²) in [6, 6.07) is 11.4. The van der Waals surface area contributed by atoms with E-state index in [0.29, 0.717) is 29.5 Å². The van der Waals surface area contributed by atoms with Crippen LogP contribution in [0.15, 0.2) is 36.4 Å². The molecular weight excluding hydrogens is 298 g/mol. The van der Waals surface area contributed by atoms with Crippen molar-refractivity contribution in [2.75, 3.05) is 13.2 Å². The zero-order valence-electron chi connectivity index (χ0n) is 13.1. The van der Waals surface area contributed by atoms with E-state index in [0.717, 1.165) is 16.7 Å². The zero-order chi connectivity index (χ0) is 16.1. The van der Waals surface area contributed by atoms with Crippen molar-refractivity contribution in [3.63, 3.8) is 0 Å². The lowest BCUT2D eigenvalue weighted by molar-refractivity contribution is 0.0946. The number of rotatable bonds is 5. The Balaban J connectivity index is 1.84. The Bertz CT molecular complexity index is 683. The van der Waals surface area contributed by atoms with Gasteiger partial charge in [-0.05, 0) is 50.1 Å². The van der Waals surface area contributed by atoms with Gasteiger partial charge in [0.2, 0.25) is 0 Å². The number of hydrogen-bond acceptors (Lipinski definition) is 2. The minimum Gasteiger partial charge on any atom is -0.492 e. The zero-order valence-corrected chi connectivity index (χ0v) is 13.8. The summed E-state index contributed by atoms with van der Waals surface area (Å²) in [6.45, 7) is 6.68. The molecule has 0 saturated carbocycles. The van der Waals surface area contributed by atoms with E-state index in [1.807, 2.05) is 51.1 Å². The third-order valence-corrected chi connectivity index (χ3v) is 3.84. The number of carbonyl (C=O) groups is 1. The Hall–Kier alpha value is -2.00. The van der Waals surface area contributed by atoms with E-state index >= 15 is 0 Å². The number of aryl methyl sites for hydroxylation is 3. The minimum absolute atomic E-state index is 0.0771. The molecule has 0 unspecified atom stereocenters. The van der Waals surface area contributed by atoms with Crippen molar-refractivity contribution in [2.45, 2.75) is 20.8 Å². The van der Waals surface area contributed by atoms with Crippen LogP contribution in [0.5, 0.6) is 5.75 Å². The number of nitrogens with one attached hydrogen (secondary N) is 1. The van der Waals surface area contributed by atoms with E-state index in [4.69, 9.17) is 16.3 Å². The smallest absolute Gasteiger partial charge is 0.251 e. The van der Waals surface area contributed by atoms with Crippen LogP contribution >= 0.6 is 11.6 Å². The molecule has 116 valence electrons. The number of hydrogen-bond donors (Lipinski definition) is 1. The SMILES string of the molecule is Cc1ccc(C)c(C(=O)NCCOc2ccc(C)c(Cl)c2)c1. The van der Waals surface area contributed by atoms with Gasteiger partial charge in [0.25, 0.3) is 5.91 Å². The third kappa shape index (κ3) is 4.25. The van der Waals surface area contributed by atoms with Crippen molar-refractivity contribution in [1.29, 1.82) is 0 Å². The summed E-state index contributed by atoms with van der Waals surface area (Å²) in [5.41, 5.74) is 3.76.